The van der Waals surface area contributed by atoms with Gasteiger partial charge in [-0.05, 0) is 51.8 Å². The molecule has 2 heterocycles. The zero-order chi connectivity index (χ0) is 14.2. The molecule has 2 nitrogen and oxygen atoms in total. The fourth-order valence-electron chi connectivity index (χ4n) is 2.32. The first-order valence-electron chi connectivity index (χ1n) is 6.74. The first-order chi connectivity index (χ1) is 8.91. The van der Waals surface area contributed by atoms with Crippen LogP contribution < -0.4 is 4.99 Å². The van der Waals surface area contributed by atoms with Gasteiger partial charge in [0.05, 0.1) is 0 Å². The third-order valence-corrected chi connectivity index (χ3v) is 4.23. The summed E-state index contributed by atoms with van der Waals surface area (Å²) >= 11 is 0. The zero-order valence-electron chi connectivity index (χ0n) is 12.7. The summed E-state index contributed by atoms with van der Waals surface area (Å²) in [5, 5.41) is 0. The van der Waals surface area contributed by atoms with E-state index in [1.54, 1.807) is 0 Å². The molecule has 2 N–H and O–H groups in total. The van der Waals surface area contributed by atoms with Crippen molar-refractivity contribution in [2.45, 2.75) is 41.5 Å². The summed E-state index contributed by atoms with van der Waals surface area (Å²) in [5.74, 6) is 0. The van der Waals surface area contributed by atoms with Crippen molar-refractivity contribution in [2.75, 3.05) is 0 Å². The van der Waals surface area contributed by atoms with Crippen LogP contribution in [0.1, 0.15) is 43.3 Å². The highest BCUT2D eigenvalue weighted by Crippen LogP contribution is 2.18. The number of hydrogen-bond acceptors (Lipinski definition) is 0. The summed E-state index contributed by atoms with van der Waals surface area (Å²) in [5.41, 5.74) is 10.3. The summed E-state index contributed by atoms with van der Waals surface area (Å²) in [4.78, 5) is 6.83. The minimum atomic E-state index is 1.20. The van der Waals surface area contributed by atoms with Crippen molar-refractivity contribution < 1.29 is 4.99 Å². The Bertz CT molecular complexity index is 634. The number of H-pyrrole nitrogens is 1. The lowest BCUT2D eigenvalue weighted by Gasteiger charge is -1.91. The standard InChI is InChI=1S/C17H22N2/c1-10-12(3)16(18-14(10)5)8-7-9-17-13(4)11(2)15(6)19-17/h7-9,18H,1-6H3/p+1. The highest BCUT2D eigenvalue weighted by atomic mass is 14.8. The van der Waals surface area contributed by atoms with Gasteiger partial charge in [0.25, 0.3) is 0 Å². The van der Waals surface area contributed by atoms with Crippen molar-refractivity contribution in [1.29, 1.82) is 0 Å². The molecule has 0 atom stereocenters. The predicted molar refractivity (Wildman–Crippen MR) is 82.1 cm³/mol. The zero-order valence-corrected chi connectivity index (χ0v) is 12.7. The highest BCUT2D eigenvalue weighted by Gasteiger charge is 2.19. The summed E-state index contributed by atoms with van der Waals surface area (Å²) in [6.45, 7) is 12.9. The summed E-state index contributed by atoms with van der Waals surface area (Å²) < 4.78 is 0. The minimum Gasteiger partial charge on any atom is -0.359 e. The van der Waals surface area contributed by atoms with E-state index in [2.05, 4.69) is 69.7 Å². The second-order valence-corrected chi connectivity index (χ2v) is 5.35. The largest absolute Gasteiger partial charge is 0.359 e. The number of aromatic nitrogens is 1. The maximum Gasteiger partial charge on any atom is 0.207 e. The lowest BCUT2D eigenvalue weighted by molar-refractivity contribution is -0.388. The molecule has 1 aromatic rings. The van der Waals surface area contributed by atoms with E-state index in [1.165, 1.54) is 45.1 Å². The van der Waals surface area contributed by atoms with Gasteiger partial charge in [-0.1, -0.05) is 6.08 Å². The maximum absolute atomic E-state index is 3.41. The Morgan fingerprint density at radius 3 is 2.05 bits per heavy atom. The molecule has 1 aromatic heterocycles. The van der Waals surface area contributed by atoms with Gasteiger partial charge in [-0.25, -0.2) is 4.99 Å². The van der Waals surface area contributed by atoms with E-state index in [4.69, 9.17) is 0 Å². The Morgan fingerprint density at radius 2 is 1.58 bits per heavy atom. The third-order valence-electron chi connectivity index (χ3n) is 4.23. The van der Waals surface area contributed by atoms with E-state index in [1.807, 2.05) is 0 Å². The lowest BCUT2D eigenvalue weighted by Crippen LogP contribution is -2.67. The molecule has 1 aliphatic heterocycles. The molecule has 0 radical (unpaired) electrons. The highest BCUT2D eigenvalue weighted by molar-refractivity contribution is 5.96. The molecule has 0 amide bonds. The van der Waals surface area contributed by atoms with Crippen LogP contribution in [-0.2, 0) is 0 Å². The van der Waals surface area contributed by atoms with Crippen LogP contribution in [0.3, 0.4) is 0 Å². The normalized spacial score (nSPS) is 18.0. The van der Waals surface area contributed by atoms with E-state index in [9.17, 15) is 0 Å². The van der Waals surface area contributed by atoms with Gasteiger partial charge in [-0.3, -0.25) is 0 Å². The molecule has 0 spiro atoms. The molecule has 0 aromatic carbocycles. The first kappa shape index (κ1) is 13.6. The van der Waals surface area contributed by atoms with Crippen LogP contribution >= 0.6 is 0 Å². The molecule has 0 saturated heterocycles. The van der Waals surface area contributed by atoms with Gasteiger partial charge < -0.3 is 4.98 Å². The van der Waals surface area contributed by atoms with E-state index < -0.39 is 0 Å². The van der Waals surface area contributed by atoms with Gasteiger partial charge in [0.2, 0.25) is 5.70 Å². The van der Waals surface area contributed by atoms with Crippen molar-refractivity contribution in [1.82, 2.24) is 4.98 Å². The molecular formula is C17H23N2+. The summed E-state index contributed by atoms with van der Waals surface area (Å²) in [7, 11) is 0. The van der Waals surface area contributed by atoms with E-state index in [0.717, 1.165) is 0 Å². The summed E-state index contributed by atoms with van der Waals surface area (Å²) in [6, 6.07) is 0. The Labute approximate surface area is 115 Å². The monoisotopic (exact) mass is 255 g/mol. The second kappa shape index (κ2) is 5.04. The Kier molecular flexibility index (Phi) is 3.61. The van der Waals surface area contributed by atoms with E-state index in [-0.39, 0.29) is 0 Å². The van der Waals surface area contributed by atoms with Gasteiger partial charge in [-0.2, -0.15) is 0 Å². The average Bonchev–Trinajstić information content (AvgIpc) is 2.76. The molecular weight excluding hydrogens is 232 g/mol. The number of allylic oxidation sites excluding steroid dienone is 4. The Morgan fingerprint density at radius 1 is 0.895 bits per heavy atom. The van der Waals surface area contributed by atoms with Crippen molar-refractivity contribution in [3.8, 4) is 0 Å². The van der Waals surface area contributed by atoms with Crippen LogP contribution in [-0.4, -0.2) is 10.7 Å². The SMILES string of the molecule is CC1=[NH+]C(=CC=Cc2[nH]c(C)c(C)c2C)C(C)=C1C. The second-order valence-electron chi connectivity index (χ2n) is 5.35. The van der Waals surface area contributed by atoms with Crippen LogP contribution in [0, 0.1) is 20.8 Å². The quantitative estimate of drug-likeness (QED) is 0.814. The van der Waals surface area contributed by atoms with Crippen LogP contribution in [0.5, 0.6) is 0 Å². The lowest BCUT2D eigenvalue weighted by atomic mass is 10.1. The predicted octanol–water partition coefficient (Wildman–Crippen LogP) is 2.73. The number of nitrogens with one attached hydrogen (secondary N) is 2. The van der Waals surface area contributed by atoms with Crippen LogP contribution in [0.15, 0.2) is 29.0 Å². The molecule has 1 aliphatic rings. The number of aromatic amines is 1. The molecule has 19 heavy (non-hydrogen) atoms. The fourth-order valence-corrected chi connectivity index (χ4v) is 2.32. The molecule has 0 bridgehead atoms. The van der Waals surface area contributed by atoms with Crippen LogP contribution in [0.4, 0.5) is 0 Å². The number of hydrogen-bond donors (Lipinski definition) is 2. The van der Waals surface area contributed by atoms with Gasteiger partial charge in [0.15, 0.2) is 5.71 Å². The van der Waals surface area contributed by atoms with Crippen molar-refractivity contribution in [3.63, 3.8) is 0 Å². The molecule has 0 aliphatic carbocycles. The molecule has 0 unspecified atom stereocenters. The van der Waals surface area contributed by atoms with E-state index in [0.29, 0.717) is 0 Å². The third kappa shape index (κ3) is 2.48. The average molecular weight is 255 g/mol. The fraction of sp³-hybridized carbons (Fsp3) is 0.353. The number of aryl methyl sites for hydroxylation is 1. The van der Waals surface area contributed by atoms with Crippen LogP contribution in [0.2, 0.25) is 0 Å². The number of rotatable bonds is 2. The van der Waals surface area contributed by atoms with Gasteiger partial charge in [0, 0.05) is 35.5 Å². The minimum absolute atomic E-state index is 1.20. The Hall–Kier alpha value is -1.83. The van der Waals surface area contributed by atoms with Crippen molar-refractivity contribution >= 4 is 11.8 Å². The van der Waals surface area contributed by atoms with Crippen molar-refractivity contribution in [2.24, 2.45) is 0 Å². The molecule has 100 valence electrons. The summed E-state index contributed by atoms with van der Waals surface area (Å²) in [6.07, 6.45) is 6.38. The first-order valence-corrected chi connectivity index (χ1v) is 6.74. The van der Waals surface area contributed by atoms with E-state index >= 15 is 0 Å². The molecule has 2 rings (SSSR count). The van der Waals surface area contributed by atoms with Gasteiger partial charge in [-0.15, -0.1) is 0 Å². The van der Waals surface area contributed by atoms with Gasteiger partial charge in [0.1, 0.15) is 0 Å². The topological polar surface area (TPSA) is 29.8 Å². The maximum atomic E-state index is 3.41. The molecule has 2 heteroatoms. The smallest absolute Gasteiger partial charge is 0.207 e. The molecule has 0 fully saturated rings. The van der Waals surface area contributed by atoms with Gasteiger partial charge >= 0.3 is 0 Å². The van der Waals surface area contributed by atoms with Crippen molar-refractivity contribution in [3.05, 3.63) is 51.5 Å². The Balaban J connectivity index is 2.24. The van der Waals surface area contributed by atoms with Crippen LogP contribution in [0.25, 0.3) is 6.08 Å². The molecule has 0 saturated carbocycles.